The summed E-state index contributed by atoms with van der Waals surface area (Å²) >= 11 is 0. The van der Waals surface area contributed by atoms with Crippen molar-refractivity contribution in [2.75, 3.05) is 26.2 Å². The number of hydrogen-bond donors (Lipinski definition) is 1. The number of nitrogens with zero attached hydrogens (tertiary/aromatic N) is 1. The zero-order chi connectivity index (χ0) is 20.3. The summed E-state index contributed by atoms with van der Waals surface area (Å²) < 4.78 is 38.6. The quantitative estimate of drug-likeness (QED) is 0.806. The predicted molar refractivity (Wildman–Crippen MR) is 107 cm³/mol. The Morgan fingerprint density at radius 1 is 1.07 bits per heavy atom. The summed E-state index contributed by atoms with van der Waals surface area (Å²) in [5.41, 5.74) is 0. The Kier molecular flexibility index (Phi) is 5.73. The second-order valence-corrected chi connectivity index (χ2v) is 9.20. The van der Waals surface area contributed by atoms with Crippen molar-refractivity contribution in [3.05, 3.63) is 54.6 Å². The summed E-state index contributed by atoms with van der Waals surface area (Å²) in [6.45, 7) is 1.29. The van der Waals surface area contributed by atoms with E-state index in [0.29, 0.717) is 44.0 Å². The minimum atomic E-state index is -3.59. The molecule has 0 aliphatic carbocycles. The normalized spacial score (nSPS) is 22.1. The molecule has 2 aliphatic rings. The molecule has 1 saturated heterocycles. The SMILES string of the molecule is O=C(NCC1COc2ccccc2O1)C1CCCN(S(=O)(=O)c2ccccc2)C1. The monoisotopic (exact) mass is 416 g/mol. The summed E-state index contributed by atoms with van der Waals surface area (Å²) in [4.78, 5) is 12.9. The lowest BCUT2D eigenvalue weighted by Gasteiger charge is -2.32. The first-order valence-electron chi connectivity index (χ1n) is 9.75. The van der Waals surface area contributed by atoms with Crippen molar-refractivity contribution < 1.29 is 22.7 Å². The van der Waals surface area contributed by atoms with Gasteiger partial charge in [0.25, 0.3) is 0 Å². The lowest BCUT2D eigenvalue weighted by Crippen LogP contribution is -2.48. The van der Waals surface area contributed by atoms with E-state index >= 15 is 0 Å². The van der Waals surface area contributed by atoms with Gasteiger partial charge in [0.15, 0.2) is 11.5 Å². The molecule has 4 rings (SSSR count). The summed E-state index contributed by atoms with van der Waals surface area (Å²) in [5.74, 6) is 0.833. The summed E-state index contributed by atoms with van der Waals surface area (Å²) in [5, 5.41) is 2.90. The van der Waals surface area contributed by atoms with Crippen molar-refractivity contribution >= 4 is 15.9 Å². The number of carbonyl (C=O) groups excluding carboxylic acids is 1. The Hall–Kier alpha value is -2.58. The van der Waals surface area contributed by atoms with Crippen LogP contribution in [0.25, 0.3) is 0 Å². The lowest BCUT2D eigenvalue weighted by atomic mass is 9.99. The van der Waals surface area contributed by atoms with E-state index in [2.05, 4.69) is 5.32 Å². The Balaban J connectivity index is 1.34. The number of hydrogen-bond acceptors (Lipinski definition) is 5. The highest BCUT2D eigenvalue weighted by Gasteiger charge is 2.33. The number of para-hydroxylation sites is 2. The molecule has 8 heteroatoms. The standard InChI is InChI=1S/C21H24N2O5S/c24-21(22-13-17-15-27-19-10-4-5-11-20(19)28-17)16-7-6-12-23(14-16)29(25,26)18-8-2-1-3-9-18/h1-5,8-11,16-17H,6-7,12-15H2,(H,22,24). The molecule has 0 radical (unpaired) electrons. The largest absolute Gasteiger partial charge is 0.486 e. The average Bonchev–Trinajstić information content (AvgIpc) is 2.78. The molecule has 2 atom stereocenters. The molecule has 2 heterocycles. The van der Waals surface area contributed by atoms with E-state index in [9.17, 15) is 13.2 Å². The van der Waals surface area contributed by atoms with Crippen LogP contribution in [0.5, 0.6) is 11.5 Å². The fourth-order valence-corrected chi connectivity index (χ4v) is 5.18. The molecule has 1 fully saturated rings. The highest BCUT2D eigenvalue weighted by atomic mass is 32.2. The van der Waals surface area contributed by atoms with Crippen molar-refractivity contribution in [1.82, 2.24) is 9.62 Å². The summed E-state index contributed by atoms with van der Waals surface area (Å²) in [6.07, 6.45) is 1.04. The zero-order valence-corrected chi connectivity index (χ0v) is 16.8. The maximum absolute atomic E-state index is 12.8. The number of rotatable bonds is 5. The topological polar surface area (TPSA) is 84.9 Å². The van der Waals surface area contributed by atoms with Gasteiger partial charge in [-0.15, -0.1) is 0 Å². The molecular weight excluding hydrogens is 392 g/mol. The number of carbonyl (C=O) groups is 1. The fourth-order valence-electron chi connectivity index (χ4n) is 3.64. The van der Waals surface area contributed by atoms with Crippen LogP contribution in [0, 0.1) is 5.92 Å². The van der Waals surface area contributed by atoms with Crippen LogP contribution in [0.15, 0.2) is 59.5 Å². The van der Waals surface area contributed by atoms with Gasteiger partial charge in [-0.25, -0.2) is 8.42 Å². The first kappa shape index (κ1) is 19.7. The van der Waals surface area contributed by atoms with E-state index in [1.165, 1.54) is 4.31 Å². The smallest absolute Gasteiger partial charge is 0.243 e. The van der Waals surface area contributed by atoms with Crippen molar-refractivity contribution in [2.24, 2.45) is 5.92 Å². The molecule has 2 unspecified atom stereocenters. The maximum atomic E-state index is 12.8. The second-order valence-electron chi connectivity index (χ2n) is 7.26. The third-order valence-corrected chi connectivity index (χ3v) is 7.09. The van der Waals surface area contributed by atoms with Crippen LogP contribution in [-0.4, -0.2) is 51.0 Å². The highest BCUT2D eigenvalue weighted by molar-refractivity contribution is 7.89. The number of sulfonamides is 1. The average molecular weight is 416 g/mol. The van der Waals surface area contributed by atoms with Gasteiger partial charge in [-0.05, 0) is 37.1 Å². The number of piperidine rings is 1. The first-order chi connectivity index (χ1) is 14.0. The molecule has 154 valence electrons. The van der Waals surface area contributed by atoms with Gasteiger partial charge in [0.05, 0.1) is 17.4 Å². The molecule has 7 nitrogen and oxygen atoms in total. The molecule has 1 amide bonds. The van der Waals surface area contributed by atoms with Crippen LogP contribution >= 0.6 is 0 Å². The van der Waals surface area contributed by atoms with Crippen LogP contribution in [0.4, 0.5) is 0 Å². The van der Waals surface area contributed by atoms with Crippen molar-refractivity contribution in [2.45, 2.75) is 23.8 Å². The van der Waals surface area contributed by atoms with Crippen LogP contribution in [0.1, 0.15) is 12.8 Å². The third-order valence-electron chi connectivity index (χ3n) is 5.21. The van der Waals surface area contributed by atoms with E-state index in [1.54, 1.807) is 30.3 Å². The van der Waals surface area contributed by atoms with Gasteiger partial charge in [0.2, 0.25) is 15.9 Å². The Bertz CT molecular complexity index is 964. The number of fused-ring (bicyclic) bond motifs is 1. The molecule has 29 heavy (non-hydrogen) atoms. The van der Waals surface area contributed by atoms with Gasteiger partial charge in [-0.3, -0.25) is 4.79 Å². The van der Waals surface area contributed by atoms with Crippen LogP contribution in [0.2, 0.25) is 0 Å². The molecular formula is C21H24N2O5S. The zero-order valence-electron chi connectivity index (χ0n) is 16.0. The highest BCUT2D eigenvalue weighted by Crippen LogP contribution is 2.30. The van der Waals surface area contributed by atoms with Crippen molar-refractivity contribution in [1.29, 1.82) is 0 Å². The minimum absolute atomic E-state index is 0.152. The Labute approximate surface area is 170 Å². The van der Waals surface area contributed by atoms with Crippen LogP contribution in [0.3, 0.4) is 0 Å². The van der Waals surface area contributed by atoms with Crippen molar-refractivity contribution in [3.8, 4) is 11.5 Å². The summed E-state index contributed by atoms with van der Waals surface area (Å²) in [7, 11) is -3.59. The van der Waals surface area contributed by atoms with Gasteiger partial charge in [0, 0.05) is 13.1 Å². The second kappa shape index (κ2) is 8.42. The number of benzene rings is 2. The molecule has 1 N–H and O–H groups in total. The maximum Gasteiger partial charge on any atom is 0.243 e. The molecule has 0 saturated carbocycles. The van der Waals surface area contributed by atoms with E-state index in [1.807, 2.05) is 24.3 Å². The van der Waals surface area contributed by atoms with E-state index in [0.717, 1.165) is 0 Å². The summed E-state index contributed by atoms with van der Waals surface area (Å²) in [6, 6.07) is 15.8. The van der Waals surface area contributed by atoms with Crippen molar-refractivity contribution in [3.63, 3.8) is 0 Å². The van der Waals surface area contributed by atoms with Gasteiger partial charge < -0.3 is 14.8 Å². The molecule has 0 bridgehead atoms. The van der Waals surface area contributed by atoms with E-state index in [-0.39, 0.29) is 29.4 Å². The molecule has 2 aliphatic heterocycles. The van der Waals surface area contributed by atoms with E-state index < -0.39 is 10.0 Å². The van der Waals surface area contributed by atoms with Gasteiger partial charge in [0.1, 0.15) is 12.7 Å². The third kappa shape index (κ3) is 4.38. The van der Waals surface area contributed by atoms with Gasteiger partial charge >= 0.3 is 0 Å². The number of amides is 1. The number of ether oxygens (including phenoxy) is 2. The fraction of sp³-hybridized carbons (Fsp3) is 0.381. The van der Waals surface area contributed by atoms with Gasteiger partial charge in [-0.1, -0.05) is 30.3 Å². The minimum Gasteiger partial charge on any atom is -0.486 e. The Morgan fingerprint density at radius 2 is 1.79 bits per heavy atom. The molecule has 2 aromatic carbocycles. The molecule has 0 spiro atoms. The lowest BCUT2D eigenvalue weighted by molar-refractivity contribution is -0.126. The Morgan fingerprint density at radius 3 is 2.59 bits per heavy atom. The van der Waals surface area contributed by atoms with Crippen LogP contribution in [-0.2, 0) is 14.8 Å². The number of nitrogens with one attached hydrogen (secondary N) is 1. The predicted octanol–water partition coefficient (Wildman–Crippen LogP) is 2.04. The molecule has 0 aromatic heterocycles. The van der Waals surface area contributed by atoms with E-state index in [4.69, 9.17) is 9.47 Å². The van der Waals surface area contributed by atoms with Gasteiger partial charge in [-0.2, -0.15) is 4.31 Å². The first-order valence-corrected chi connectivity index (χ1v) is 11.2. The molecule has 2 aromatic rings. The van der Waals surface area contributed by atoms with Crippen LogP contribution < -0.4 is 14.8 Å².